The van der Waals surface area contributed by atoms with Crippen molar-refractivity contribution in [2.45, 2.75) is 19.9 Å². The zero-order valence-corrected chi connectivity index (χ0v) is 11.9. The predicted molar refractivity (Wildman–Crippen MR) is 69.9 cm³/mol. The number of amides is 1. The van der Waals surface area contributed by atoms with Crippen LogP contribution in [-0.4, -0.2) is 65.8 Å². The number of rotatable bonds is 3. The van der Waals surface area contributed by atoms with Gasteiger partial charge in [-0.2, -0.15) is 0 Å². The SMILES string of the molecule is Cc1noc(C)c1C(=O)N1C[C@@H](CO)[C@H](N(C)C)C1. The van der Waals surface area contributed by atoms with Gasteiger partial charge in [-0.05, 0) is 27.9 Å². The van der Waals surface area contributed by atoms with Gasteiger partial charge >= 0.3 is 0 Å². The number of likely N-dealkylation sites (N-methyl/N-ethyl adjacent to an activating group) is 1. The minimum atomic E-state index is -0.0564. The number of aliphatic hydroxyl groups excluding tert-OH is 1. The summed E-state index contributed by atoms with van der Waals surface area (Å²) in [6, 6.07) is 0.189. The summed E-state index contributed by atoms with van der Waals surface area (Å²) in [6.45, 7) is 4.81. The van der Waals surface area contributed by atoms with Gasteiger partial charge in [0.1, 0.15) is 11.3 Å². The molecule has 19 heavy (non-hydrogen) atoms. The molecule has 0 unspecified atom stereocenters. The maximum Gasteiger partial charge on any atom is 0.259 e. The minimum Gasteiger partial charge on any atom is -0.396 e. The second-order valence-corrected chi connectivity index (χ2v) is 5.38. The summed E-state index contributed by atoms with van der Waals surface area (Å²) in [5, 5.41) is 13.2. The van der Waals surface area contributed by atoms with Gasteiger partial charge in [0.2, 0.25) is 0 Å². The predicted octanol–water partition coefficient (Wildman–Crippen LogP) is 0.286. The number of likely N-dealkylation sites (tertiary alicyclic amines) is 1. The third-order valence-electron chi connectivity index (χ3n) is 3.84. The van der Waals surface area contributed by atoms with Gasteiger partial charge in [0, 0.05) is 31.7 Å². The lowest BCUT2D eigenvalue weighted by atomic mass is 10.0. The van der Waals surface area contributed by atoms with Crippen LogP contribution in [0.3, 0.4) is 0 Å². The van der Waals surface area contributed by atoms with Gasteiger partial charge in [0.15, 0.2) is 0 Å². The Morgan fingerprint density at radius 1 is 1.47 bits per heavy atom. The van der Waals surface area contributed by atoms with Crippen molar-refractivity contribution in [3.8, 4) is 0 Å². The molecule has 1 aromatic rings. The summed E-state index contributed by atoms with van der Waals surface area (Å²) in [6.07, 6.45) is 0. The van der Waals surface area contributed by atoms with Crippen LogP contribution in [0.5, 0.6) is 0 Å². The van der Waals surface area contributed by atoms with Crippen LogP contribution in [0.25, 0.3) is 0 Å². The first-order chi connectivity index (χ1) is 8.95. The smallest absolute Gasteiger partial charge is 0.259 e. The lowest BCUT2D eigenvalue weighted by Crippen LogP contribution is -2.37. The quantitative estimate of drug-likeness (QED) is 0.852. The van der Waals surface area contributed by atoms with Crippen LogP contribution in [0.15, 0.2) is 4.52 Å². The lowest BCUT2D eigenvalue weighted by molar-refractivity contribution is 0.0776. The number of aliphatic hydroxyl groups is 1. The third-order valence-corrected chi connectivity index (χ3v) is 3.84. The van der Waals surface area contributed by atoms with E-state index in [4.69, 9.17) is 4.52 Å². The van der Waals surface area contributed by atoms with Crippen LogP contribution in [0, 0.1) is 19.8 Å². The molecule has 6 nitrogen and oxygen atoms in total. The monoisotopic (exact) mass is 267 g/mol. The highest BCUT2D eigenvalue weighted by Crippen LogP contribution is 2.24. The summed E-state index contributed by atoms with van der Waals surface area (Å²) in [4.78, 5) is 16.3. The Morgan fingerprint density at radius 2 is 2.16 bits per heavy atom. The van der Waals surface area contributed by atoms with Crippen molar-refractivity contribution in [3.05, 3.63) is 17.0 Å². The average Bonchev–Trinajstić information content (AvgIpc) is 2.93. The molecular formula is C13H21N3O3. The van der Waals surface area contributed by atoms with Gasteiger partial charge in [-0.15, -0.1) is 0 Å². The van der Waals surface area contributed by atoms with Crippen molar-refractivity contribution >= 4 is 5.91 Å². The highest BCUT2D eigenvalue weighted by atomic mass is 16.5. The fourth-order valence-electron chi connectivity index (χ4n) is 2.73. The normalized spacial score (nSPS) is 23.4. The van der Waals surface area contributed by atoms with E-state index in [0.29, 0.717) is 30.1 Å². The van der Waals surface area contributed by atoms with Crippen molar-refractivity contribution < 1.29 is 14.4 Å². The van der Waals surface area contributed by atoms with Crippen molar-refractivity contribution in [1.29, 1.82) is 0 Å². The topological polar surface area (TPSA) is 69.8 Å². The molecule has 1 saturated heterocycles. The van der Waals surface area contributed by atoms with Crippen molar-refractivity contribution in [1.82, 2.24) is 15.0 Å². The van der Waals surface area contributed by atoms with Crippen LogP contribution < -0.4 is 0 Å². The largest absolute Gasteiger partial charge is 0.396 e. The Hall–Kier alpha value is -1.40. The van der Waals surface area contributed by atoms with E-state index < -0.39 is 0 Å². The Kier molecular flexibility index (Phi) is 3.91. The minimum absolute atomic E-state index is 0.0564. The fourth-order valence-corrected chi connectivity index (χ4v) is 2.73. The number of hydrogen-bond acceptors (Lipinski definition) is 5. The van der Waals surface area contributed by atoms with E-state index in [-0.39, 0.29) is 24.5 Å². The zero-order chi connectivity index (χ0) is 14.2. The zero-order valence-electron chi connectivity index (χ0n) is 11.9. The molecule has 0 saturated carbocycles. The molecule has 0 bridgehead atoms. The highest BCUT2D eigenvalue weighted by Gasteiger charge is 2.37. The van der Waals surface area contributed by atoms with E-state index in [1.807, 2.05) is 14.1 Å². The molecule has 2 rings (SSSR count). The molecule has 2 heterocycles. The molecule has 0 spiro atoms. The first kappa shape index (κ1) is 14.0. The number of hydrogen-bond donors (Lipinski definition) is 1. The summed E-state index contributed by atoms with van der Waals surface area (Å²) >= 11 is 0. The standard InChI is InChI=1S/C13H21N3O3/c1-8-12(9(2)19-14-8)13(18)16-5-10(7-17)11(6-16)15(3)4/h10-11,17H,5-7H2,1-4H3/t10-,11+/m0/s1. The fraction of sp³-hybridized carbons (Fsp3) is 0.692. The van der Waals surface area contributed by atoms with Gasteiger partial charge < -0.3 is 19.4 Å². The molecule has 1 aromatic heterocycles. The van der Waals surface area contributed by atoms with Gasteiger partial charge in [-0.25, -0.2) is 0 Å². The molecule has 6 heteroatoms. The summed E-state index contributed by atoms with van der Waals surface area (Å²) in [7, 11) is 3.94. The van der Waals surface area contributed by atoms with Gasteiger partial charge in [-0.3, -0.25) is 4.79 Å². The molecule has 1 N–H and O–H groups in total. The molecule has 0 radical (unpaired) electrons. The molecule has 106 valence electrons. The lowest BCUT2D eigenvalue weighted by Gasteiger charge is -2.23. The van der Waals surface area contributed by atoms with Crippen LogP contribution >= 0.6 is 0 Å². The molecule has 0 aromatic carbocycles. The number of aromatic nitrogens is 1. The number of carbonyl (C=O) groups is 1. The maximum atomic E-state index is 12.5. The van der Waals surface area contributed by atoms with Crippen LogP contribution in [-0.2, 0) is 0 Å². The molecule has 1 aliphatic heterocycles. The molecule has 1 aliphatic rings. The summed E-state index contributed by atoms with van der Waals surface area (Å²) in [5.74, 6) is 0.592. The van der Waals surface area contributed by atoms with E-state index in [9.17, 15) is 9.90 Å². The van der Waals surface area contributed by atoms with E-state index in [1.54, 1.807) is 18.7 Å². The van der Waals surface area contributed by atoms with Crippen LogP contribution in [0.2, 0.25) is 0 Å². The highest BCUT2D eigenvalue weighted by molar-refractivity contribution is 5.96. The summed E-state index contributed by atoms with van der Waals surface area (Å²) < 4.78 is 5.05. The van der Waals surface area contributed by atoms with E-state index in [1.165, 1.54) is 0 Å². The Balaban J connectivity index is 2.18. The molecular weight excluding hydrogens is 246 g/mol. The van der Waals surface area contributed by atoms with Crippen molar-refractivity contribution in [2.24, 2.45) is 5.92 Å². The van der Waals surface area contributed by atoms with Crippen molar-refractivity contribution in [3.63, 3.8) is 0 Å². The molecule has 1 fully saturated rings. The first-order valence-corrected chi connectivity index (χ1v) is 6.45. The van der Waals surface area contributed by atoms with Gasteiger partial charge in [0.05, 0.1) is 5.69 Å². The van der Waals surface area contributed by atoms with E-state index >= 15 is 0 Å². The maximum absolute atomic E-state index is 12.5. The third kappa shape index (κ3) is 2.50. The average molecular weight is 267 g/mol. The second-order valence-electron chi connectivity index (χ2n) is 5.38. The van der Waals surface area contributed by atoms with Gasteiger partial charge in [0.25, 0.3) is 5.91 Å². The Labute approximate surface area is 113 Å². The number of carbonyl (C=O) groups excluding carboxylic acids is 1. The van der Waals surface area contributed by atoms with Gasteiger partial charge in [-0.1, -0.05) is 5.16 Å². The Bertz CT molecular complexity index is 450. The van der Waals surface area contributed by atoms with Crippen LogP contribution in [0.4, 0.5) is 0 Å². The molecule has 1 amide bonds. The Morgan fingerprint density at radius 3 is 2.58 bits per heavy atom. The second kappa shape index (κ2) is 5.30. The first-order valence-electron chi connectivity index (χ1n) is 6.45. The van der Waals surface area contributed by atoms with Crippen LogP contribution in [0.1, 0.15) is 21.8 Å². The van der Waals surface area contributed by atoms with E-state index in [2.05, 4.69) is 10.1 Å². The van der Waals surface area contributed by atoms with Crippen molar-refractivity contribution in [2.75, 3.05) is 33.8 Å². The number of nitrogens with zero attached hydrogens (tertiary/aromatic N) is 3. The summed E-state index contributed by atoms with van der Waals surface area (Å²) in [5.41, 5.74) is 1.17. The number of aryl methyl sites for hydroxylation is 2. The molecule has 0 aliphatic carbocycles. The molecule has 2 atom stereocenters. The van der Waals surface area contributed by atoms with E-state index in [0.717, 1.165) is 0 Å².